The van der Waals surface area contributed by atoms with Crippen molar-refractivity contribution in [1.82, 2.24) is 29.9 Å². The highest BCUT2D eigenvalue weighted by molar-refractivity contribution is 7.17. The number of nitrogens with zero attached hydrogens (tertiary/aromatic N) is 6. The Labute approximate surface area is 162 Å². The highest BCUT2D eigenvalue weighted by Crippen LogP contribution is 2.34. The predicted octanol–water partition coefficient (Wildman–Crippen LogP) is 5.16. The monoisotopic (exact) mass is 402 g/mol. The van der Waals surface area contributed by atoms with Gasteiger partial charge in [-0.3, -0.25) is 0 Å². The first kappa shape index (κ1) is 14.2. The normalized spacial score (nSPS) is 12.4. The number of hydrogen-bond donors (Lipinski definition) is 0. The first-order valence-electron chi connectivity index (χ1n) is 8.12. The molecule has 0 aliphatic carbocycles. The molecule has 0 amide bonds. The molecule has 7 rings (SSSR count). The molecule has 0 aliphatic heterocycles. The highest BCUT2D eigenvalue weighted by atomic mass is 32.1. The minimum Gasteiger partial charge on any atom is -0.241 e. The number of aromatic nitrogens is 6. The van der Waals surface area contributed by atoms with E-state index < -0.39 is 0 Å². The van der Waals surface area contributed by atoms with E-state index in [1.54, 1.807) is 34.0 Å². The van der Waals surface area contributed by atoms with Gasteiger partial charge in [0.15, 0.2) is 0 Å². The fourth-order valence-corrected chi connectivity index (χ4v) is 5.48. The van der Waals surface area contributed by atoms with E-state index in [1.165, 1.54) is 0 Å². The topological polar surface area (TPSA) is 77.3 Å². The van der Waals surface area contributed by atoms with Gasteiger partial charge in [0.1, 0.15) is 64.1 Å². The van der Waals surface area contributed by atoms with Crippen molar-refractivity contribution in [2.24, 2.45) is 0 Å². The molecule has 0 unspecified atom stereocenters. The van der Waals surface area contributed by atoms with Gasteiger partial charge in [-0.05, 0) is 34.3 Å². The third kappa shape index (κ3) is 1.83. The quantitative estimate of drug-likeness (QED) is 0.326. The van der Waals surface area contributed by atoms with Crippen LogP contribution in [0.15, 0.2) is 34.3 Å². The fraction of sp³-hybridized carbons (Fsp3) is 0. The van der Waals surface area contributed by atoms with E-state index in [1.807, 2.05) is 34.3 Å². The molecular formula is C18H6N6S3. The second kappa shape index (κ2) is 4.89. The molecule has 0 saturated carbocycles. The molecule has 0 atom stereocenters. The van der Waals surface area contributed by atoms with Gasteiger partial charge in [-0.15, -0.1) is 34.0 Å². The SMILES string of the molecule is c1cc2nc3c4nc5ccsc5nc4c4nc5sccc5nc4c3nc2s1. The molecule has 0 aliphatic rings. The summed E-state index contributed by atoms with van der Waals surface area (Å²) in [6, 6.07) is 5.94. The number of fused-ring (bicyclic) bond motifs is 9. The third-order valence-corrected chi connectivity index (χ3v) is 6.94. The lowest BCUT2D eigenvalue weighted by molar-refractivity contribution is 1.36. The van der Waals surface area contributed by atoms with Crippen LogP contribution in [0.4, 0.5) is 0 Å². The van der Waals surface area contributed by atoms with Gasteiger partial charge in [0, 0.05) is 0 Å². The van der Waals surface area contributed by atoms with E-state index in [0.717, 1.165) is 64.1 Å². The van der Waals surface area contributed by atoms with Crippen LogP contribution < -0.4 is 0 Å². The van der Waals surface area contributed by atoms with E-state index >= 15 is 0 Å². The molecule has 0 radical (unpaired) electrons. The van der Waals surface area contributed by atoms with Crippen molar-refractivity contribution >= 4 is 98.2 Å². The summed E-state index contributed by atoms with van der Waals surface area (Å²) in [4.78, 5) is 31.9. The second-order valence-corrected chi connectivity index (χ2v) is 8.78. The molecule has 0 fully saturated rings. The summed E-state index contributed by atoms with van der Waals surface area (Å²) < 4.78 is 0. The van der Waals surface area contributed by atoms with Crippen molar-refractivity contribution < 1.29 is 0 Å². The van der Waals surface area contributed by atoms with Gasteiger partial charge < -0.3 is 0 Å². The molecule has 0 saturated heterocycles. The number of rotatable bonds is 0. The molecule has 6 aromatic heterocycles. The minimum absolute atomic E-state index is 0.730. The Hall–Kier alpha value is -2.88. The zero-order valence-electron chi connectivity index (χ0n) is 13.4. The Morgan fingerprint density at radius 3 is 1.04 bits per heavy atom. The standard InChI is InChI=1S/C18H6N6S3/c1-4-25-16-7(1)19-10-11-14(23-17-8(20-11)2-5-26-17)15-12(13(10)22-16)21-9-3-6-27-18(9)24-15/h1-6H. The van der Waals surface area contributed by atoms with Crippen molar-refractivity contribution in [3.63, 3.8) is 0 Å². The molecule has 9 heteroatoms. The maximum Gasteiger partial charge on any atom is 0.142 e. The van der Waals surface area contributed by atoms with E-state index in [9.17, 15) is 0 Å². The van der Waals surface area contributed by atoms with Crippen molar-refractivity contribution in [3.8, 4) is 0 Å². The van der Waals surface area contributed by atoms with Crippen molar-refractivity contribution in [2.75, 3.05) is 0 Å². The van der Waals surface area contributed by atoms with Gasteiger partial charge in [0.05, 0.1) is 0 Å². The van der Waals surface area contributed by atoms with Crippen LogP contribution in [0.25, 0.3) is 64.1 Å². The van der Waals surface area contributed by atoms with Crippen molar-refractivity contribution in [3.05, 3.63) is 34.3 Å². The van der Waals surface area contributed by atoms with Gasteiger partial charge in [-0.25, -0.2) is 29.9 Å². The van der Waals surface area contributed by atoms with Gasteiger partial charge in [-0.1, -0.05) is 0 Å². The lowest BCUT2D eigenvalue weighted by Gasteiger charge is -2.07. The summed E-state index contributed by atoms with van der Waals surface area (Å²) >= 11 is 4.72. The Balaban J connectivity index is 1.87. The third-order valence-electron chi connectivity index (χ3n) is 4.56. The summed E-state index contributed by atoms with van der Waals surface area (Å²) in [5, 5.41) is 6.00. The van der Waals surface area contributed by atoms with Crippen LogP contribution in [-0.4, -0.2) is 29.9 Å². The van der Waals surface area contributed by atoms with Crippen LogP contribution in [0.1, 0.15) is 0 Å². The summed E-state index contributed by atoms with van der Waals surface area (Å²) in [6.07, 6.45) is 0. The molecule has 27 heavy (non-hydrogen) atoms. The molecule has 0 spiro atoms. The van der Waals surface area contributed by atoms with Crippen molar-refractivity contribution in [1.29, 1.82) is 0 Å². The average Bonchev–Trinajstić information content (AvgIpc) is 3.43. The zero-order chi connectivity index (χ0) is 17.5. The molecule has 7 aromatic rings. The smallest absolute Gasteiger partial charge is 0.142 e. The Kier molecular flexibility index (Phi) is 2.57. The second-order valence-electron chi connectivity index (χ2n) is 6.10. The predicted molar refractivity (Wildman–Crippen MR) is 112 cm³/mol. The van der Waals surface area contributed by atoms with Crippen LogP contribution in [0.5, 0.6) is 0 Å². The molecule has 6 heterocycles. The summed E-state index contributed by atoms with van der Waals surface area (Å²) in [7, 11) is 0. The Bertz CT molecular complexity index is 1350. The maximum absolute atomic E-state index is 4.87. The largest absolute Gasteiger partial charge is 0.241 e. The summed E-state index contributed by atoms with van der Waals surface area (Å²) in [6.45, 7) is 0. The van der Waals surface area contributed by atoms with Crippen LogP contribution in [-0.2, 0) is 0 Å². The average molecular weight is 402 g/mol. The first-order valence-corrected chi connectivity index (χ1v) is 10.8. The zero-order valence-corrected chi connectivity index (χ0v) is 15.8. The van der Waals surface area contributed by atoms with Gasteiger partial charge in [0.25, 0.3) is 0 Å². The van der Waals surface area contributed by atoms with Gasteiger partial charge in [-0.2, -0.15) is 0 Å². The highest BCUT2D eigenvalue weighted by Gasteiger charge is 2.19. The first-order chi connectivity index (χ1) is 13.3. The maximum atomic E-state index is 4.87. The Morgan fingerprint density at radius 1 is 0.407 bits per heavy atom. The van der Waals surface area contributed by atoms with Crippen LogP contribution in [0, 0.1) is 0 Å². The van der Waals surface area contributed by atoms with E-state index in [-0.39, 0.29) is 0 Å². The molecule has 1 aromatic carbocycles. The van der Waals surface area contributed by atoms with Crippen LogP contribution in [0.3, 0.4) is 0 Å². The molecule has 0 bridgehead atoms. The van der Waals surface area contributed by atoms with Gasteiger partial charge in [0.2, 0.25) is 0 Å². The minimum atomic E-state index is 0.730. The fourth-order valence-electron chi connectivity index (χ4n) is 3.36. The van der Waals surface area contributed by atoms with Gasteiger partial charge >= 0.3 is 0 Å². The molecule has 0 N–H and O–H groups in total. The van der Waals surface area contributed by atoms with E-state index in [2.05, 4.69) is 0 Å². The summed E-state index contributed by atoms with van der Waals surface area (Å²) in [5.74, 6) is 0. The number of thiophene rings is 3. The molecule has 6 nitrogen and oxygen atoms in total. The number of hydrogen-bond acceptors (Lipinski definition) is 9. The van der Waals surface area contributed by atoms with E-state index in [0.29, 0.717) is 0 Å². The lowest BCUT2D eigenvalue weighted by atomic mass is 10.2. The Morgan fingerprint density at radius 2 is 0.704 bits per heavy atom. The lowest BCUT2D eigenvalue weighted by Crippen LogP contribution is -1.96. The van der Waals surface area contributed by atoms with Crippen LogP contribution >= 0.6 is 34.0 Å². The van der Waals surface area contributed by atoms with E-state index in [4.69, 9.17) is 29.9 Å². The van der Waals surface area contributed by atoms with Crippen molar-refractivity contribution in [2.45, 2.75) is 0 Å². The van der Waals surface area contributed by atoms with Crippen LogP contribution in [0.2, 0.25) is 0 Å². The number of benzene rings is 1. The molecule has 126 valence electrons. The summed E-state index contributed by atoms with van der Waals surface area (Å²) in [5.41, 5.74) is 7.00. The molecular weight excluding hydrogens is 396 g/mol.